The van der Waals surface area contributed by atoms with Crippen LogP contribution in [-0.2, 0) is 9.59 Å². The largest absolute Gasteiger partial charge is 0.423 e. The number of nitrogens with zero attached hydrogens (tertiary/aromatic N) is 1. The molecule has 0 unspecified atom stereocenters. The molecule has 1 N–H and O–H groups in total. The van der Waals surface area contributed by atoms with E-state index >= 15 is 0 Å². The monoisotopic (exact) mass is 466 g/mol. The van der Waals surface area contributed by atoms with Crippen molar-refractivity contribution in [2.24, 2.45) is 0 Å². The Morgan fingerprint density at radius 2 is 1.59 bits per heavy atom. The van der Waals surface area contributed by atoms with E-state index in [1.54, 1.807) is 73.7 Å². The number of esters is 1. The summed E-state index contributed by atoms with van der Waals surface area (Å²) >= 11 is 12.1. The molecule has 0 saturated heterocycles. The Bertz CT molecular complexity index is 1250. The third kappa shape index (κ3) is 4.23. The summed E-state index contributed by atoms with van der Waals surface area (Å²) in [5.41, 5.74) is 1.81. The molecule has 1 aliphatic rings. The smallest absolute Gasteiger partial charge is 0.343 e. The second-order valence-corrected chi connectivity index (χ2v) is 7.78. The van der Waals surface area contributed by atoms with E-state index in [0.29, 0.717) is 33.3 Å². The molecule has 0 saturated carbocycles. The van der Waals surface area contributed by atoms with Crippen LogP contribution in [0.4, 0.5) is 11.4 Å². The van der Waals surface area contributed by atoms with Crippen molar-refractivity contribution in [3.63, 3.8) is 0 Å². The molecule has 1 aliphatic heterocycles. The van der Waals surface area contributed by atoms with Gasteiger partial charge in [0.25, 0.3) is 11.8 Å². The average molecular weight is 467 g/mol. The van der Waals surface area contributed by atoms with Gasteiger partial charge in [0.05, 0.1) is 11.3 Å². The molecule has 0 bridgehead atoms. The number of rotatable bonds is 5. The normalized spacial score (nSPS) is 13.5. The number of carbonyl (C=O) groups excluding carboxylic acids is 3. The van der Waals surface area contributed by atoms with Crippen molar-refractivity contribution in [3.8, 4) is 5.75 Å². The molecule has 1 heterocycles. The van der Waals surface area contributed by atoms with Crippen molar-refractivity contribution >= 4 is 52.4 Å². The second-order valence-electron chi connectivity index (χ2n) is 6.97. The Labute approximate surface area is 194 Å². The van der Waals surface area contributed by atoms with Crippen LogP contribution in [0, 0.1) is 6.92 Å². The van der Waals surface area contributed by atoms with Gasteiger partial charge in [0.2, 0.25) is 0 Å². The predicted molar refractivity (Wildman–Crippen MR) is 123 cm³/mol. The summed E-state index contributed by atoms with van der Waals surface area (Å²) in [5, 5.41) is 3.14. The van der Waals surface area contributed by atoms with Crippen molar-refractivity contribution in [2.75, 3.05) is 10.2 Å². The zero-order valence-corrected chi connectivity index (χ0v) is 18.3. The van der Waals surface area contributed by atoms with Crippen LogP contribution in [0.15, 0.2) is 83.5 Å². The van der Waals surface area contributed by atoms with Crippen LogP contribution >= 0.6 is 23.2 Å². The number of para-hydroxylation sites is 1. The second kappa shape index (κ2) is 8.86. The van der Waals surface area contributed by atoms with E-state index < -0.39 is 17.8 Å². The minimum atomic E-state index is -0.632. The molecule has 3 aromatic carbocycles. The Morgan fingerprint density at radius 3 is 2.25 bits per heavy atom. The van der Waals surface area contributed by atoms with E-state index in [4.69, 9.17) is 27.9 Å². The van der Waals surface area contributed by atoms with Crippen molar-refractivity contribution in [1.29, 1.82) is 0 Å². The van der Waals surface area contributed by atoms with Crippen LogP contribution in [0.25, 0.3) is 0 Å². The minimum absolute atomic E-state index is 0.0503. The first-order chi connectivity index (χ1) is 15.3. The molecule has 6 nitrogen and oxygen atoms in total. The number of benzene rings is 3. The van der Waals surface area contributed by atoms with E-state index in [1.165, 1.54) is 0 Å². The van der Waals surface area contributed by atoms with Gasteiger partial charge < -0.3 is 10.1 Å². The number of hydrogen-bond acceptors (Lipinski definition) is 5. The molecule has 4 rings (SSSR count). The number of hydrogen-bond donors (Lipinski definition) is 1. The first kappa shape index (κ1) is 21.6. The molecule has 0 spiro atoms. The first-order valence-corrected chi connectivity index (χ1v) is 10.3. The number of carbonyl (C=O) groups is 3. The van der Waals surface area contributed by atoms with Crippen molar-refractivity contribution in [1.82, 2.24) is 0 Å². The van der Waals surface area contributed by atoms with Crippen molar-refractivity contribution in [2.45, 2.75) is 6.92 Å². The minimum Gasteiger partial charge on any atom is -0.423 e. The van der Waals surface area contributed by atoms with Crippen molar-refractivity contribution < 1.29 is 19.1 Å². The van der Waals surface area contributed by atoms with Gasteiger partial charge in [-0.2, -0.15) is 0 Å². The van der Waals surface area contributed by atoms with E-state index in [9.17, 15) is 14.4 Å². The van der Waals surface area contributed by atoms with Crippen LogP contribution in [0.2, 0.25) is 5.02 Å². The maximum atomic E-state index is 12.9. The zero-order chi connectivity index (χ0) is 22.8. The Kier molecular flexibility index (Phi) is 5.99. The molecule has 0 aromatic heterocycles. The number of anilines is 2. The third-order valence-electron chi connectivity index (χ3n) is 4.77. The summed E-state index contributed by atoms with van der Waals surface area (Å²) in [6.45, 7) is 1.74. The maximum Gasteiger partial charge on any atom is 0.343 e. The first-order valence-electron chi connectivity index (χ1n) is 9.54. The predicted octanol–water partition coefficient (Wildman–Crippen LogP) is 5.30. The zero-order valence-electron chi connectivity index (χ0n) is 16.8. The van der Waals surface area contributed by atoms with Crippen LogP contribution in [-0.4, -0.2) is 17.8 Å². The summed E-state index contributed by atoms with van der Waals surface area (Å²) in [5.74, 6) is -1.30. The molecule has 160 valence electrons. The van der Waals surface area contributed by atoms with Gasteiger partial charge in [0.15, 0.2) is 0 Å². The van der Waals surface area contributed by atoms with E-state index in [2.05, 4.69) is 5.32 Å². The lowest BCUT2D eigenvalue weighted by atomic mass is 10.2. The fourth-order valence-corrected chi connectivity index (χ4v) is 3.63. The quantitative estimate of drug-likeness (QED) is 0.313. The van der Waals surface area contributed by atoms with Gasteiger partial charge in [-0.15, -0.1) is 0 Å². The van der Waals surface area contributed by atoms with Gasteiger partial charge in [-0.3, -0.25) is 9.59 Å². The standard InChI is InChI=1S/C24H16Cl2N2O4/c1-14-13-16(25)9-12-19(14)28-22(29)20(26)21(23(28)30)27-17-10-7-15(8-11-17)24(31)32-18-5-3-2-4-6-18/h2-13,27H,1H3. The highest BCUT2D eigenvalue weighted by molar-refractivity contribution is 6.53. The van der Waals surface area contributed by atoms with Gasteiger partial charge in [-0.1, -0.05) is 41.4 Å². The topological polar surface area (TPSA) is 75.7 Å². The third-order valence-corrected chi connectivity index (χ3v) is 5.36. The Hall–Kier alpha value is -3.61. The summed E-state index contributed by atoms with van der Waals surface area (Å²) in [6.07, 6.45) is 0. The van der Waals surface area contributed by atoms with Gasteiger partial charge in [0, 0.05) is 10.7 Å². The highest BCUT2D eigenvalue weighted by Gasteiger charge is 2.39. The van der Waals surface area contributed by atoms with Crippen molar-refractivity contribution in [3.05, 3.63) is 99.7 Å². The van der Waals surface area contributed by atoms with Gasteiger partial charge in [-0.05, 0) is 67.1 Å². The van der Waals surface area contributed by atoms with E-state index in [0.717, 1.165) is 4.90 Å². The molecule has 8 heteroatoms. The summed E-state index contributed by atoms with van der Waals surface area (Å²) in [7, 11) is 0. The van der Waals surface area contributed by atoms with Crippen LogP contribution < -0.4 is 15.0 Å². The highest BCUT2D eigenvalue weighted by Crippen LogP contribution is 2.33. The number of amides is 2. The SMILES string of the molecule is Cc1cc(Cl)ccc1N1C(=O)C(Cl)=C(Nc2ccc(C(=O)Oc3ccccc3)cc2)C1=O. The highest BCUT2D eigenvalue weighted by atomic mass is 35.5. The summed E-state index contributed by atoms with van der Waals surface area (Å²) in [4.78, 5) is 38.9. The molecule has 0 aliphatic carbocycles. The number of nitrogens with one attached hydrogen (secondary N) is 1. The number of ether oxygens (including phenoxy) is 1. The Morgan fingerprint density at radius 1 is 0.906 bits per heavy atom. The van der Waals surface area contributed by atoms with Crippen LogP contribution in [0.3, 0.4) is 0 Å². The Balaban J connectivity index is 1.50. The molecular weight excluding hydrogens is 451 g/mol. The molecule has 2 amide bonds. The molecule has 0 radical (unpaired) electrons. The summed E-state index contributed by atoms with van der Waals surface area (Å²) < 4.78 is 5.30. The maximum absolute atomic E-state index is 12.9. The molecule has 0 fully saturated rings. The van der Waals surface area contributed by atoms with E-state index in [-0.39, 0.29) is 10.7 Å². The lowest BCUT2D eigenvalue weighted by Gasteiger charge is -2.17. The lowest BCUT2D eigenvalue weighted by molar-refractivity contribution is -0.120. The number of aryl methyl sites for hydroxylation is 1. The number of imide groups is 1. The van der Waals surface area contributed by atoms with Crippen LogP contribution in [0.1, 0.15) is 15.9 Å². The number of halogens is 2. The van der Waals surface area contributed by atoms with Gasteiger partial charge in [-0.25, -0.2) is 9.69 Å². The lowest BCUT2D eigenvalue weighted by Crippen LogP contribution is -2.32. The average Bonchev–Trinajstić information content (AvgIpc) is 2.98. The van der Waals surface area contributed by atoms with Crippen LogP contribution in [0.5, 0.6) is 5.75 Å². The molecule has 32 heavy (non-hydrogen) atoms. The fourth-order valence-electron chi connectivity index (χ4n) is 3.19. The van der Waals surface area contributed by atoms with E-state index in [1.807, 2.05) is 6.07 Å². The summed E-state index contributed by atoms with van der Waals surface area (Å²) in [6, 6.07) is 19.8. The van der Waals surface area contributed by atoms with Gasteiger partial charge in [0.1, 0.15) is 16.5 Å². The molecule has 3 aromatic rings. The molecule has 0 atom stereocenters. The fraction of sp³-hybridized carbons (Fsp3) is 0.0417. The van der Waals surface area contributed by atoms with Gasteiger partial charge >= 0.3 is 5.97 Å². The molecular formula is C24H16Cl2N2O4.